The summed E-state index contributed by atoms with van der Waals surface area (Å²) in [4.78, 5) is 0. The third-order valence-electron chi connectivity index (χ3n) is 11.3. The van der Waals surface area contributed by atoms with Crippen LogP contribution in [0.5, 0.6) is 0 Å². The third kappa shape index (κ3) is 9.56. The van der Waals surface area contributed by atoms with Gasteiger partial charge in [-0.05, 0) is 35.1 Å². The summed E-state index contributed by atoms with van der Waals surface area (Å²) in [5, 5.41) is 6.59. The molecule has 8 heteroatoms. The summed E-state index contributed by atoms with van der Waals surface area (Å²) in [5.41, 5.74) is 5.73. The molecule has 0 saturated heterocycles. The molecule has 0 amide bonds. The summed E-state index contributed by atoms with van der Waals surface area (Å²) in [5.74, 6) is 0.793. The van der Waals surface area contributed by atoms with Gasteiger partial charge in [0.2, 0.25) is 0 Å². The molecule has 0 spiro atoms. The fraction of sp³-hybridized carbons (Fsp3) is 0.192. The van der Waals surface area contributed by atoms with E-state index in [0.717, 1.165) is 56.0 Å². The van der Waals surface area contributed by atoms with Crippen molar-refractivity contribution in [2.75, 3.05) is 0 Å². The second-order valence-corrected chi connectivity index (χ2v) is 16.3. The minimum atomic E-state index is -4.36. The Bertz CT molecular complexity index is 2510. The van der Waals surface area contributed by atoms with Gasteiger partial charge >= 0.3 is 38.6 Å². The van der Waals surface area contributed by atoms with Gasteiger partial charge < -0.3 is 0 Å². The summed E-state index contributed by atoms with van der Waals surface area (Å²) in [6.45, 7) is 8.50. The van der Waals surface area contributed by atoms with Crippen molar-refractivity contribution < 1.29 is 52.5 Å². The first-order valence-corrected chi connectivity index (χ1v) is 20.9. The standard InChI is InChI=1S/2C20H18F3.C12H7Si.Zr/c2*1-3-13(2)15-11-14-7-6-9-16(18(14)12-15)17-8-4-5-10-19(17)20(21,22)23;1-3-7-11-9(5-1)10-6-2-4-8-12(10)13-11;/h2*4-13H,3H2,1-2H3;1-7H;/q3*-1;+3. The Hall–Kier alpha value is -4.78. The van der Waals surface area contributed by atoms with Crippen molar-refractivity contribution in [3.8, 4) is 33.4 Å². The first-order valence-electron chi connectivity index (χ1n) is 19.9. The zero-order chi connectivity index (χ0) is 41.9. The van der Waals surface area contributed by atoms with Gasteiger partial charge in [-0.15, -0.1) is 74.6 Å². The van der Waals surface area contributed by atoms with E-state index in [9.17, 15) is 26.3 Å². The summed E-state index contributed by atoms with van der Waals surface area (Å²) in [6, 6.07) is 49.1. The maximum absolute atomic E-state index is 13.3. The number of hydrogen-bond acceptors (Lipinski definition) is 0. The van der Waals surface area contributed by atoms with Gasteiger partial charge in [0.25, 0.3) is 0 Å². The van der Waals surface area contributed by atoms with E-state index in [1.165, 1.54) is 44.8 Å². The molecule has 1 aliphatic rings. The molecule has 3 radical (unpaired) electrons. The maximum atomic E-state index is 13.3. The van der Waals surface area contributed by atoms with Crippen molar-refractivity contribution in [3.63, 3.8) is 0 Å². The van der Waals surface area contributed by atoms with Gasteiger partial charge in [0.05, 0.1) is 20.6 Å². The molecule has 8 aromatic rings. The van der Waals surface area contributed by atoms with Crippen molar-refractivity contribution in [3.05, 3.63) is 180 Å². The van der Waals surface area contributed by atoms with Crippen LogP contribution in [0.3, 0.4) is 0 Å². The predicted molar refractivity (Wildman–Crippen MR) is 233 cm³/mol. The van der Waals surface area contributed by atoms with Crippen LogP contribution in [0.1, 0.15) is 74.6 Å². The largest absolute Gasteiger partial charge is 3.00 e. The van der Waals surface area contributed by atoms with Crippen LogP contribution in [-0.2, 0) is 38.6 Å². The fourth-order valence-corrected chi connectivity index (χ4v) is 8.99. The van der Waals surface area contributed by atoms with Crippen LogP contribution >= 0.6 is 0 Å². The van der Waals surface area contributed by atoms with E-state index in [2.05, 4.69) is 82.3 Å². The Labute approximate surface area is 370 Å². The average Bonchev–Trinajstić information content (AvgIpc) is 3.98. The minimum Gasteiger partial charge on any atom is -0.184 e. The smallest absolute Gasteiger partial charge is 0.184 e. The number of alkyl halides is 6. The molecular weight excluding hydrogens is 858 g/mol. The zero-order valence-electron chi connectivity index (χ0n) is 33.8. The summed E-state index contributed by atoms with van der Waals surface area (Å²) in [6.07, 6.45) is -6.70. The Morgan fingerprint density at radius 3 is 1.40 bits per heavy atom. The molecule has 301 valence electrons. The normalized spacial score (nSPS) is 13.0. The third-order valence-corrected chi connectivity index (χ3v) is 12.7. The van der Waals surface area contributed by atoms with Gasteiger partial charge in [-0.2, -0.15) is 67.9 Å². The van der Waals surface area contributed by atoms with E-state index in [1.807, 2.05) is 42.5 Å². The molecule has 0 N–H and O–H groups in total. The average molecular weight is 901 g/mol. The molecule has 0 nitrogen and oxygen atoms in total. The molecule has 8 aromatic carbocycles. The fourth-order valence-electron chi connectivity index (χ4n) is 7.68. The Balaban J connectivity index is 0.000000155. The SMILES string of the molecule is CCC(C)c1cc2c(-c3ccccc3C(F)(F)F)cccc2[cH-]1.CCC(C)c1cc2c(-c3ccccc3C(F)(F)F)cccc2[cH-]1.[Zr+3].[c-]1cccc2c1[Si]c1ccccc1-2. The van der Waals surface area contributed by atoms with Crippen molar-refractivity contribution in [2.24, 2.45) is 0 Å². The van der Waals surface area contributed by atoms with Crippen LogP contribution in [0, 0.1) is 6.07 Å². The molecule has 0 saturated carbocycles. The van der Waals surface area contributed by atoms with E-state index in [1.54, 1.807) is 36.4 Å². The predicted octanol–water partition coefficient (Wildman–Crippen LogP) is 14.6. The molecule has 1 aliphatic heterocycles. The molecule has 2 unspecified atom stereocenters. The summed E-state index contributed by atoms with van der Waals surface area (Å²) < 4.78 is 79.9. The summed E-state index contributed by atoms with van der Waals surface area (Å²) >= 11 is 0. The van der Waals surface area contributed by atoms with Crippen LogP contribution < -0.4 is 10.4 Å². The number of benzene rings is 6. The summed E-state index contributed by atoms with van der Waals surface area (Å²) in [7, 11) is 0.795. The van der Waals surface area contributed by atoms with Crippen LogP contribution in [0.25, 0.3) is 54.9 Å². The molecule has 9 rings (SSSR count). The maximum Gasteiger partial charge on any atom is 3.00 e. The second kappa shape index (κ2) is 18.9. The van der Waals surface area contributed by atoms with Crippen LogP contribution in [-0.4, -0.2) is 9.52 Å². The van der Waals surface area contributed by atoms with Crippen LogP contribution in [0.2, 0.25) is 0 Å². The molecule has 0 aliphatic carbocycles. The van der Waals surface area contributed by atoms with Crippen molar-refractivity contribution in [2.45, 2.75) is 64.7 Å². The van der Waals surface area contributed by atoms with Gasteiger partial charge in [-0.3, -0.25) is 0 Å². The van der Waals surface area contributed by atoms with E-state index >= 15 is 0 Å². The zero-order valence-corrected chi connectivity index (χ0v) is 37.2. The van der Waals surface area contributed by atoms with E-state index < -0.39 is 23.5 Å². The van der Waals surface area contributed by atoms with Crippen LogP contribution in [0.4, 0.5) is 26.3 Å². The molecular formula is C52H43F6SiZr. The van der Waals surface area contributed by atoms with Crippen molar-refractivity contribution >= 4 is 41.4 Å². The number of halogens is 6. The van der Waals surface area contributed by atoms with Gasteiger partial charge in [0.1, 0.15) is 0 Å². The molecule has 0 bridgehead atoms. The van der Waals surface area contributed by atoms with E-state index in [-0.39, 0.29) is 37.3 Å². The van der Waals surface area contributed by atoms with Gasteiger partial charge in [0.15, 0.2) is 0 Å². The Kier molecular flexibility index (Phi) is 14.1. The molecule has 60 heavy (non-hydrogen) atoms. The topological polar surface area (TPSA) is 0 Å². The Morgan fingerprint density at radius 1 is 0.517 bits per heavy atom. The minimum absolute atomic E-state index is 0. The number of hydrogen-bond donors (Lipinski definition) is 0. The van der Waals surface area contributed by atoms with Gasteiger partial charge in [-0.25, -0.2) is 0 Å². The molecule has 2 atom stereocenters. The van der Waals surface area contributed by atoms with Gasteiger partial charge in [0, 0.05) is 0 Å². The number of rotatable bonds is 6. The van der Waals surface area contributed by atoms with E-state index in [4.69, 9.17) is 0 Å². The number of fused-ring (bicyclic) bond motifs is 5. The molecule has 0 aromatic heterocycles. The molecule has 1 heterocycles. The molecule has 0 fully saturated rings. The first-order chi connectivity index (χ1) is 28.3. The van der Waals surface area contributed by atoms with Gasteiger partial charge in [-0.1, -0.05) is 135 Å². The van der Waals surface area contributed by atoms with Crippen molar-refractivity contribution in [1.29, 1.82) is 0 Å². The quantitative estimate of drug-likeness (QED) is 0.0886. The van der Waals surface area contributed by atoms with Crippen molar-refractivity contribution in [1.82, 2.24) is 0 Å². The second-order valence-electron chi connectivity index (χ2n) is 15.0. The Morgan fingerprint density at radius 2 is 0.933 bits per heavy atom. The first kappa shape index (κ1) is 44.8. The monoisotopic (exact) mass is 899 g/mol. The van der Waals surface area contributed by atoms with E-state index in [0.29, 0.717) is 23.0 Å². The van der Waals surface area contributed by atoms with Crippen LogP contribution in [0.15, 0.2) is 152 Å².